The minimum Gasteiger partial charge on any atom is -0.394 e. The van der Waals surface area contributed by atoms with Crippen LogP contribution in [0.2, 0.25) is 0 Å². The maximum atomic E-state index is 12.2. The number of carbonyl (C=O) groups excluding carboxylic acids is 1. The van der Waals surface area contributed by atoms with Crippen LogP contribution in [0.3, 0.4) is 0 Å². The number of aliphatic hydroxyl groups is 2. The summed E-state index contributed by atoms with van der Waals surface area (Å²) in [4.78, 5) is 12.2. The summed E-state index contributed by atoms with van der Waals surface area (Å²) in [5, 5.41) is 22.7. The van der Waals surface area contributed by atoms with Crippen LogP contribution < -0.4 is 5.32 Å². The average molecular weight is 560 g/mol. The van der Waals surface area contributed by atoms with Gasteiger partial charge in [0.1, 0.15) is 0 Å². The maximum absolute atomic E-state index is 12.2. The molecule has 0 spiro atoms. The molecule has 0 aliphatic heterocycles. The van der Waals surface area contributed by atoms with Crippen LogP contribution >= 0.6 is 0 Å². The fraction of sp³-hybridized carbons (Fsp3) is 0.750. The van der Waals surface area contributed by atoms with E-state index in [1.54, 1.807) is 6.08 Å². The maximum Gasteiger partial charge on any atom is 0.220 e. The first-order chi connectivity index (χ1) is 19.7. The van der Waals surface area contributed by atoms with E-state index in [1.165, 1.54) is 96.3 Å². The summed E-state index contributed by atoms with van der Waals surface area (Å²) < 4.78 is 0. The molecule has 40 heavy (non-hydrogen) atoms. The first-order valence-corrected chi connectivity index (χ1v) is 16.8. The Morgan fingerprint density at radius 1 is 0.625 bits per heavy atom. The van der Waals surface area contributed by atoms with E-state index in [-0.39, 0.29) is 12.5 Å². The van der Waals surface area contributed by atoms with Crippen molar-refractivity contribution in [3.05, 3.63) is 48.6 Å². The summed E-state index contributed by atoms with van der Waals surface area (Å²) in [6.45, 7) is 4.04. The second-order valence-corrected chi connectivity index (χ2v) is 11.2. The van der Waals surface area contributed by atoms with Gasteiger partial charge in [0.2, 0.25) is 5.91 Å². The van der Waals surface area contributed by atoms with Gasteiger partial charge in [-0.05, 0) is 64.7 Å². The molecule has 4 nitrogen and oxygen atoms in total. The summed E-state index contributed by atoms with van der Waals surface area (Å²) in [6.07, 6.45) is 42.1. The summed E-state index contributed by atoms with van der Waals surface area (Å²) >= 11 is 0. The van der Waals surface area contributed by atoms with Crippen LogP contribution in [0.25, 0.3) is 0 Å². The van der Waals surface area contributed by atoms with Crippen molar-refractivity contribution in [2.45, 2.75) is 167 Å². The zero-order valence-corrected chi connectivity index (χ0v) is 26.3. The molecule has 2 unspecified atom stereocenters. The van der Waals surface area contributed by atoms with Crippen LogP contribution in [-0.2, 0) is 4.79 Å². The molecule has 0 aromatic rings. The van der Waals surface area contributed by atoms with Gasteiger partial charge < -0.3 is 15.5 Å². The predicted octanol–water partition coefficient (Wildman–Crippen LogP) is 9.67. The monoisotopic (exact) mass is 559 g/mol. The predicted molar refractivity (Wildman–Crippen MR) is 175 cm³/mol. The third-order valence-electron chi connectivity index (χ3n) is 7.36. The van der Waals surface area contributed by atoms with E-state index < -0.39 is 12.1 Å². The van der Waals surface area contributed by atoms with Gasteiger partial charge in [-0.2, -0.15) is 0 Å². The highest BCUT2D eigenvalue weighted by molar-refractivity contribution is 5.76. The summed E-state index contributed by atoms with van der Waals surface area (Å²) in [7, 11) is 0. The first kappa shape index (κ1) is 38.4. The van der Waals surface area contributed by atoms with Gasteiger partial charge in [0, 0.05) is 6.42 Å². The fourth-order valence-electron chi connectivity index (χ4n) is 4.74. The van der Waals surface area contributed by atoms with Gasteiger partial charge in [0.05, 0.1) is 18.8 Å². The Hall–Kier alpha value is -1.65. The summed E-state index contributed by atoms with van der Waals surface area (Å²) in [5.74, 6) is -0.0865. The number of carbonyl (C=O) groups is 1. The number of aliphatic hydroxyl groups excluding tert-OH is 2. The third kappa shape index (κ3) is 27.9. The van der Waals surface area contributed by atoms with Crippen molar-refractivity contribution in [2.24, 2.45) is 0 Å². The molecule has 0 radical (unpaired) electrons. The minimum absolute atomic E-state index is 0.0865. The third-order valence-corrected chi connectivity index (χ3v) is 7.36. The van der Waals surface area contributed by atoms with E-state index in [0.29, 0.717) is 6.42 Å². The van der Waals surface area contributed by atoms with Crippen LogP contribution in [0.15, 0.2) is 48.6 Å². The number of nitrogens with one attached hydrogen (secondary N) is 1. The molecular weight excluding hydrogens is 494 g/mol. The molecule has 1 amide bonds. The Balaban J connectivity index is 3.62. The lowest BCUT2D eigenvalue weighted by Gasteiger charge is -2.19. The molecule has 232 valence electrons. The largest absolute Gasteiger partial charge is 0.394 e. The van der Waals surface area contributed by atoms with Gasteiger partial charge in [-0.15, -0.1) is 0 Å². The lowest BCUT2D eigenvalue weighted by molar-refractivity contribution is -0.123. The summed E-state index contributed by atoms with van der Waals surface area (Å²) in [5.41, 5.74) is 0. The molecule has 0 fully saturated rings. The smallest absolute Gasteiger partial charge is 0.220 e. The van der Waals surface area contributed by atoms with E-state index in [1.807, 2.05) is 13.0 Å². The number of hydrogen-bond acceptors (Lipinski definition) is 3. The Labute approximate surface area is 248 Å². The van der Waals surface area contributed by atoms with E-state index in [4.69, 9.17) is 0 Å². The van der Waals surface area contributed by atoms with Crippen LogP contribution in [-0.4, -0.2) is 34.9 Å². The lowest BCUT2D eigenvalue weighted by atomic mass is 10.0. The molecule has 3 N–H and O–H groups in total. The molecule has 0 saturated carbocycles. The molecule has 0 saturated heterocycles. The van der Waals surface area contributed by atoms with Crippen LogP contribution in [0, 0.1) is 0 Å². The number of rotatable bonds is 29. The molecule has 0 heterocycles. The molecule has 0 aromatic heterocycles. The van der Waals surface area contributed by atoms with Crippen molar-refractivity contribution in [1.29, 1.82) is 0 Å². The second-order valence-electron chi connectivity index (χ2n) is 11.2. The standard InChI is InChI=1S/C36H65NO3/c1-3-5-7-9-11-13-14-15-16-17-18-19-20-21-22-24-26-28-30-32-36(40)37-34(33-38)35(39)31-29-27-25-23-12-10-8-6-4-2/h4,6,12,15-16,23,29,31,34-35,38-39H,3,5,7-11,13-14,17-22,24-28,30,32-33H2,1-2H3,(H,37,40)/b6-4+,16-15-,23-12+,31-29+. The zero-order valence-electron chi connectivity index (χ0n) is 26.3. The Bertz CT molecular complexity index is 652. The van der Waals surface area contributed by atoms with E-state index >= 15 is 0 Å². The highest BCUT2D eigenvalue weighted by Gasteiger charge is 2.17. The topological polar surface area (TPSA) is 69.6 Å². The molecular formula is C36H65NO3. The van der Waals surface area contributed by atoms with E-state index in [2.05, 4.69) is 48.7 Å². The Morgan fingerprint density at radius 3 is 1.60 bits per heavy atom. The number of unbranched alkanes of at least 4 members (excludes halogenated alkanes) is 17. The lowest BCUT2D eigenvalue weighted by Crippen LogP contribution is -2.45. The first-order valence-electron chi connectivity index (χ1n) is 16.8. The van der Waals surface area contributed by atoms with Gasteiger partial charge >= 0.3 is 0 Å². The number of allylic oxidation sites excluding steroid dienone is 7. The molecule has 0 aliphatic rings. The molecule has 0 aliphatic carbocycles. The average Bonchev–Trinajstić information content (AvgIpc) is 2.96. The van der Waals surface area contributed by atoms with Crippen molar-refractivity contribution in [1.82, 2.24) is 5.32 Å². The van der Waals surface area contributed by atoms with Crippen LogP contribution in [0.4, 0.5) is 0 Å². The van der Waals surface area contributed by atoms with Gasteiger partial charge in [-0.1, -0.05) is 133 Å². The highest BCUT2D eigenvalue weighted by atomic mass is 16.3. The van der Waals surface area contributed by atoms with Gasteiger partial charge in [0.25, 0.3) is 0 Å². The van der Waals surface area contributed by atoms with Crippen molar-refractivity contribution < 1.29 is 15.0 Å². The minimum atomic E-state index is -0.867. The quantitative estimate of drug-likeness (QED) is 0.0631. The number of hydrogen-bond donors (Lipinski definition) is 3. The highest BCUT2D eigenvalue weighted by Crippen LogP contribution is 2.12. The molecule has 4 heteroatoms. The normalized spacial score (nSPS) is 13.8. The zero-order chi connectivity index (χ0) is 29.4. The molecule has 0 bridgehead atoms. The second kappa shape index (κ2) is 31.9. The SMILES string of the molecule is C/C=C/CC/C=C/CC/C=C/C(O)C(CO)NC(=O)CCCCCCCCCCC/C=C\CCCCCCCC. The van der Waals surface area contributed by atoms with Crippen molar-refractivity contribution >= 4 is 5.91 Å². The van der Waals surface area contributed by atoms with Crippen LogP contribution in [0.1, 0.15) is 155 Å². The van der Waals surface area contributed by atoms with Crippen molar-refractivity contribution in [2.75, 3.05) is 6.61 Å². The van der Waals surface area contributed by atoms with Gasteiger partial charge in [-0.3, -0.25) is 4.79 Å². The number of amides is 1. The van der Waals surface area contributed by atoms with E-state index in [0.717, 1.165) is 38.5 Å². The molecule has 0 rings (SSSR count). The fourth-order valence-corrected chi connectivity index (χ4v) is 4.74. The molecule has 2 atom stereocenters. The van der Waals surface area contributed by atoms with Gasteiger partial charge in [0.15, 0.2) is 0 Å². The van der Waals surface area contributed by atoms with Crippen molar-refractivity contribution in [3.8, 4) is 0 Å². The Morgan fingerprint density at radius 2 is 1.07 bits per heavy atom. The summed E-state index contributed by atoms with van der Waals surface area (Å²) in [6, 6.07) is -0.643. The van der Waals surface area contributed by atoms with Crippen molar-refractivity contribution in [3.63, 3.8) is 0 Å². The van der Waals surface area contributed by atoms with Crippen LogP contribution in [0.5, 0.6) is 0 Å². The molecule has 0 aromatic carbocycles. The Kier molecular flexibility index (Phi) is 30.6. The van der Waals surface area contributed by atoms with Gasteiger partial charge in [-0.25, -0.2) is 0 Å². The van der Waals surface area contributed by atoms with E-state index in [9.17, 15) is 15.0 Å².